The van der Waals surface area contributed by atoms with E-state index in [4.69, 9.17) is 9.47 Å². The maximum absolute atomic E-state index is 13.1. The molecule has 0 aliphatic rings. The van der Waals surface area contributed by atoms with Gasteiger partial charge in [-0.25, -0.2) is 0 Å². The van der Waals surface area contributed by atoms with Crippen LogP contribution in [0.5, 0.6) is 11.5 Å². The first-order valence-corrected chi connectivity index (χ1v) is 10.7. The molecular formula is C25H34N2O4. The van der Waals surface area contributed by atoms with Gasteiger partial charge < -0.3 is 19.7 Å². The molecule has 0 radical (unpaired) electrons. The maximum Gasteiger partial charge on any atom is 0.261 e. The van der Waals surface area contributed by atoms with Gasteiger partial charge in [-0.2, -0.15) is 0 Å². The van der Waals surface area contributed by atoms with Crippen LogP contribution < -0.4 is 14.8 Å². The Balaban J connectivity index is 2.18. The van der Waals surface area contributed by atoms with Crippen molar-refractivity contribution in [2.75, 3.05) is 13.7 Å². The summed E-state index contributed by atoms with van der Waals surface area (Å²) < 4.78 is 11.0. The van der Waals surface area contributed by atoms with Crippen LogP contribution in [-0.2, 0) is 16.1 Å². The van der Waals surface area contributed by atoms with Crippen LogP contribution in [0.3, 0.4) is 0 Å². The SMILES string of the molecule is CC[C@H](C)NC(=O)[C@H](C)N(Cc1cccc(OC)c1)C(=O)COc1ccc(C)c(C)c1. The summed E-state index contributed by atoms with van der Waals surface area (Å²) in [4.78, 5) is 27.4. The summed E-state index contributed by atoms with van der Waals surface area (Å²) in [6.45, 7) is 9.85. The number of hydrogen-bond acceptors (Lipinski definition) is 4. The van der Waals surface area contributed by atoms with Crippen molar-refractivity contribution in [2.24, 2.45) is 0 Å². The molecule has 31 heavy (non-hydrogen) atoms. The number of nitrogens with zero attached hydrogens (tertiary/aromatic N) is 1. The molecule has 0 spiro atoms. The molecule has 2 rings (SSSR count). The molecule has 6 heteroatoms. The predicted octanol–water partition coefficient (Wildman–Crippen LogP) is 4.02. The van der Waals surface area contributed by atoms with Gasteiger partial charge >= 0.3 is 0 Å². The number of carbonyl (C=O) groups is 2. The van der Waals surface area contributed by atoms with Crippen LogP contribution in [0.15, 0.2) is 42.5 Å². The van der Waals surface area contributed by atoms with Crippen molar-refractivity contribution in [1.82, 2.24) is 10.2 Å². The summed E-state index contributed by atoms with van der Waals surface area (Å²) in [5.74, 6) is 0.895. The summed E-state index contributed by atoms with van der Waals surface area (Å²) >= 11 is 0. The molecule has 0 aromatic heterocycles. The van der Waals surface area contributed by atoms with Crippen LogP contribution in [0.2, 0.25) is 0 Å². The van der Waals surface area contributed by atoms with E-state index in [2.05, 4.69) is 5.32 Å². The second-order valence-electron chi connectivity index (χ2n) is 7.90. The van der Waals surface area contributed by atoms with Crippen molar-refractivity contribution in [1.29, 1.82) is 0 Å². The van der Waals surface area contributed by atoms with E-state index in [-0.39, 0.29) is 31.0 Å². The van der Waals surface area contributed by atoms with E-state index in [9.17, 15) is 9.59 Å². The lowest BCUT2D eigenvalue weighted by Crippen LogP contribution is -2.50. The van der Waals surface area contributed by atoms with Gasteiger partial charge in [0.25, 0.3) is 5.91 Å². The molecule has 2 aromatic carbocycles. The first kappa shape index (κ1) is 24.3. The molecule has 2 amide bonds. The lowest BCUT2D eigenvalue weighted by Gasteiger charge is -2.29. The van der Waals surface area contributed by atoms with E-state index in [0.717, 1.165) is 23.1 Å². The van der Waals surface area contributed by atoms with Crippen LogP contribution in [0.4, 0.5) is 0 Å². The Morgan fingerprint density at radius 3 is 2.42 bits per heavy atom. The van der Waals surface area contributed by atoms with Crippen LogP contribution in [-0.4, -0.2) is 42.5 Å². The van der Waals surface area contributed by atoms with Gasteiger partial charge in [0.2, 0.25) is 5.91 Å². The molecule has 0 aliphatic carbocycles. The third kappa shape index (κ3) is 7.02. The highest BCUT2D eigenvalue weighted by Crippen LogP contribution is 2.18. The highest BCUT2D eigenvalue weighted by atomic mass is 16.5. The fourth-order valence-electron chi connectivity index (χ4n) is 3.05. The summed E-state index contributed by atoms with van der Waals surface area (Å²) in [6.07, 6.45) is 0.818. The van der Waals surface area contributed by atoms with Gasteiger partial charge in [-0.05, 0) is 75.1 Å². The summed E-state index contributed by atoms with van der Waals surface area (Å²) in [5.41, 5.74) is 3.13. The fraction of sp³-hybridized carbons (Fsp3) is 0.440. The molecule has 0 saturated carbocycles. The molecule has 0 aliphatic heterocycles. The Kier molecular flexibility index (Phi) is 8.91. The molecule has 168 valence electrons. The Morgan fingerprint density at radius 2 is 1.77 bits per heavy atom. The average Bonchev–Trinajstić information content (AvgIpc) is 2.77. The smallest absolute Gasteiger partial charge is 0.261 e. The number of rotatable bonds is 10. The van der Waals surface area contributed by atoms with Gasteiger partial charge in [0.15, 0.2) is 6.61 Å². The summed E-state index contributed by atoms with van der Waals surface area (Å²) in [7, 11) is 1.60. The fourth-order valence-corrected chi connectivity index (χ4v) is 3.05. The van der Waals surface area contributed by atoms with Crippen molar-refractivity contribution in [3.63, 3.8) is 0 Å². The van der Waals surface area contributed by atoms with Crippen LogP contribution >= 0.6 is 0 Å². The minimum absolute atomic E-state index is 0.0375. The lowest BCUT2D eigenvalue weighted by atomic mass is 10.1. The maximum atomic E-state index is 13.1. The van der Waals surface area contributed by atoms with E-state index < -0.39 is 6.04 Å². The van der Waals surface area contributed by atoms with E-state index in [1.807, 2.05) is 70.2 Å². The van der Waals surface area contributed by atoms with Crippen molar-refractivity contribution >= 4 is 11.8 Å². The number of ether oxygens (including phenoxy) is 2. The number of benzene rings is 2. The molecule has 6 nitrogen and oxygen atoms in total. The van der Waals surface area contributed by atoms with E-state index in [0.29, 0.717) is 11.5 Å². The van der Waals surface area contributed by atoms with Gasteiger partial charge in [-0.15, -0.1) is 0 Å². The van der Waals surface area contributed by atoms with E-state index >= 15 is 0 Å². The number of methoxy groups -OCH3 is 1. The zero-order chi connectivity index (χ0) is 23.0. The van der Waals surface area contributed by atoms with Crippen molar-refractivity contribution in [3.8, 4) is 11.5 Å². The quantitative estimate of drug-likeness (QED) is 0.623. The van der Waals surface area contributed by atoms with Crippen molar-refractivity contribution in [2.45, 2.75) is 59.7 Å². The minimum atomic E-state index is -0.643. The molecule has 1 N–H and O–H groups in total. The molecule has 0 unspecified atom stereocenters. The zero-order valence-electron chi connectivity index (χ0n) is 19.4. The molecule has 2 aromatic rings. The number of carbonyl (C=O) groups excluding carboxylic acids is 2. The topological polar surface area (TPSA) is 67.9 Å². The van der Waals surface area contributed by atoms with E-state index in [1.54, 1.807) is 18.9 Å². The normalized spacial score (nSPS) is 12.6. The Hall–Kier alpha value is -3.02. The van der Waals surface area contributed by atoms with E-state index in [1.165, 1.54) is 0 Å². The third-order valence-electron chi connectivity index (χ3n) is 5.50. The zero-order valence-corrected chi connectivity index (χ0v) is 19.4. The minimum Gasteiger partial charge on any atom is -0.497 e. The van der Waals surface area contributed by atoms with Gasteiger partial charge in [0.05, 0.1) is 7.11 Å². The van der Waals surface area contributed by atoms with Gasteiger partial charge in [0, 0.05) is 12.6 Å². The molecule has 2 atom stereocenters. The Morgan fingerprint density at radius 1 is 1.03 bits per heavy atom. The molecule has 0 fully saturated rings. The third-order valence-corrected chi connectivity index (χ3v) is 5.50. The Labute approximate surface area is 185 Å². The van der Waals surface area contributed by atoms with Gasteiger partial charge in [-0.1, -0.05) is 25.1 Å². The lowest BCUT2D eigenvalue weighted by molar-refractivity contribution is -0.142. The number of amides is 2. The first-order chi connectivity index (χ1) is 14.7. The average molecular weight is 427 g/mol. The largest absolute Gasteiger partial charge is 0.497 e. The monoisotopic (exact) mass is 426 g/mol. The van der Waals surface area contributed by atoms with Gasteiger partial charge in [-0.3, -0.25) is 9.59 Å². The number of hydrogen-bond donors (Lipinski definition) is 1. The summed E-state index contributed by atoms with van der Waals surface area (Å²) in [6, 6.07) is 12.6. The highest BCUT2D eigenvalue weighted by Gasteiger charge is 2.27. The molecule has 0 saturated heterocycles. The second-order valence-corrected chi connectivity index (χ2v) is 7.90. The van der Waals surface area contributed by atoms with Crippen LogP contribution in [0.1, 0.15) is 43.9 Å². The first-order valence-electron chi connectivity index (χ1n) is 10.7. The number of aryl methyl sites for hydroxylation is 2. The van der Waals surface area contributed by atoms with Gasteiger partial charge in [0.1, 0.15) is 17.5 Å². The number of nitrogens with one attached hydrogen (secondary N) is 1. The second kappa shape index (κ2) is 11.4. The standard InChI is InChI=1S/C25H34N2O4/c1-7-19(4)26-25(29)20(5)27(15-21-9-8-10-22(14-21)30-6)24(28)16-31-23-12-11-17(2)18(3)13-23/h8-14,19-20H,7,15-16H2,1-6H3,(H,26,29)/t19-,20-/m0/s1. The Bertz CT molecular complexity index is 897. The summed E-state index contributed by atoms with van der Waals surface area (Å²) in [5, 5.41) is 2.96. The van der Waals surface area contributed by atoms with Crippen LogP contribution in [0.25, 0.3) is 0 Å². The highest BCUT2D eigenvalue weighted by molar-refractivity contribution is 5.88. The van der Waals surface area contributed by atoms with Crippen molar-refractivity contribution < 1.29 is 19.1 Å². The predicted molar refractivity (Wildman–Crippen MR) is 122 cm³/mol. The molecule has 0 heterocycles. The molecule has 0 bridgehead atoms. The van der Waals surface area contributed by atoms with Crippen LogP contribution in [0, 0.1) is 13.8 Å². The molecular weight excluding hydrogens is 392 g/mol. The van der Waals surface area contributed by atoms with Crippen molar-refractivity contribution in [3.05, 3.63) is 59.2 Å².